The maximum Gasteiger partial charge on any atom is 0.133 e. The molecule has 1 aliphatic heterocycles. The molecule has 3 rings (SSSR count). The first-order valence-corrected chi connectivity index (χ1v) is 7.19. The van der Waals surface area contributed by atoms with E-state index in [0.29, 0.717) is 6.04 Å². The lowest BCUT2D eigenvalue weighted by Crippen LogP contribution is -2.43. The van der Waals surface area contributed by atoms with E-state index in [9.17, 15) is 0 Å². The van der Waals surface area contributed by atoms with E-state index in [4.69, 9.17) is 4.42 Å². The van der Waals surface area contributed by atoms with Gasteiger partial charge in [-0.05, 0) is 45.1 Å². The minimum absolute atomic E-state index is 0.0263. The lowest BCUT2D eigenvalue weighted by molar-refractivity contribution is 0.223. The average Bonchev–Trinajstić information content (AvgIpc) is 3.10. The molecule has 3 heterocycles. The molecule has 0 aromatic carbocycles. The number of nitrogens with zero attached hydrogens (tertiary/aromatic N) is 3. The van der Waals surface area contributed by atoms with Gasteiger partial charge in [0.2, 0.25) is 0 Å². The number of hydrogen-bond acceptors (Lipinski definition) is 4. The topological polar surface area (TPSA) is 46.2 Å². The van der Waals surface area contributed by atoms with E-state index in [0.717, 1.165) is 37.5 Å². The zero-order chi connectivity index (χ0) is 13.9. The van der Waals surface area contributed by atoms with E-state index in [1.807, 2.05) is 31.6 Å². The van der Waals surface area contributed by atoms with Crippen LogP contribution < -0.4 is 5.32 Å². The van der Waals surface area contributed by atoms with Gasteiger partial charge in [0.25, 0.3) is 0 Å². The second kappa shape index (κ2) is 5.81. The van der Waals surface area contributed by atoms with E-state index in [2.05, 4.69) is 26.8 Å². The fourth-order valence-corrected chi connectivity index (χ4v) is 2.81. The van der Waals surface area contributed by atoms with Crippen molar-refractivity contribution >= 4 is 0 Å². The highest BCUT2D eigenvalue weighted by atomic mass is 16.3. The zero-order valence-corrected chi connectivity index (χ0v) is 12.1. The summed E-state index contributed by atoms with van der Waals surface area (Å²) in [4.78, 5) is 6.86. The summed E-state index contributed by atoms with van der Waals surface area (Å²) in [5, 5.41) is 3.72. The molecule has 1 unspecified atom stereocenters. The van der Waals surface area contributed by atoms with Crippen LogP contribution in [0.15, 0.2) is 35.2 Å². The average molecular weight is 274 g/mol. The number of furan rings is 1. The molecule has 1 saturated heterocycles. The number of rotatable bonds is 4. The summed E-state index contributed by atoms with van der Waals surface area (Å²) in [6.07, 6.45) is 7.86. The molecule has 5 heteroatoms. The van der Waals surface area contributed by atoms with Gasteiger partial charge < -0.3 is 13.9 Å². The maximum absolute atomic E-state index is 5.61. The summed E-state index contributed by atoms with van der Waals surface area (Å²) in [6.45, 7) is 2.28. The third-order valence-electron chi connectivity index (χ3n) is 4.07. The summed E-state index contributed by atoms with van der Waals surface area (Å²) in [5.74, 6) is 1.93. The molecular formula is C15H22N4O. The molecule has 0 spiro atoms. The molecule has 5 nitrogen and oxygen atoms in total. The van der Waals surface area contributed by atoms with Crippen LogP contribution in [0, 0.1) is 0 Å². The molecule has 2 aromatic heterocycles. The number of piperidine rings is 1. The number of likely N-dealkylation sites (tertiary alicyclic amines) is 1. The number of aromatic nitrogens is 2. The van der Waals surface area contributed by atoms with E-state index in [1.54, 1.807) is 6.26 Å². The van der Waals surface area contributed by atoms with Crippen molar-refractivity contribution in [2.45, 2.75) is 24.9 Å². The Kier molecular flexibility index (Phi) is 3.89. The normalized spacial score (nSPS) is 19.3. The highest BCUT2D eigenvalue weighted by Gasteiger charge is 2.26. The molecule has 1 N–H and O–H groups in total. The van der Waals surface area contributed by atoms with Gasteiger partial charge in [-0.15, -0.1) is 0 Å². The highest BCUT2D eigenvalue weighted by Crippen LogP contribution is 2.23. The molecular weight excluding hydrogens is 252 g/mol. The Labute approximate surface area is 119 Å². The van der Waals surface area contributed by atoms with E-state index >= 15 is 0 Å². The van der Waals surface area contributed by atoms with E-state index < -0.39 is 0 Å². The van der Waals surface area contributed by atoms with E-state index in [1.165, 1.54) is 0 Å². The van der Waals surface area contributed by atoms with Gasteiger partial charge >= 0.3 is 0 Å². The van der Waals surface area contributed by atoms with E-state index in [-0.39, 0.29) is 6.04 Å². The van der Waals surface area contributed by atoms with Crippen LogP contribution in [0.25, 0.3) is 0 Å². The fourth-order valence-electron chi connectivity index (χ4n) is 2.81. The lowest BCUT2D eigenvalue weighted by atomic mass is 10.0. The third-order valence-corrected chi connectivity index (χ3v) is 4.07. The lowest BCUT2D eigenvalue weighted by Gasteiger charge is -2.32. The van der Waals surface area contributed by atoms with Crippen molar-refractivity contribution in [2.75, 3.05) is 20.1 Å². The zero-order valence-electron chi connectivity index (χ0n) is 12.1. The fraction of sp³-hybridized carbons (Fsp3) is 0.533. The summed E-state index contributed by atoms with van der Waals surface area (Å²) >= 11 is 0. The Morgan fingerprint density at radius 1 is 1.35 bits per heavy atom. The SMILES string of the molecule is CN1CCC(NC(c2ccco2)c2nccn2C)CC1. The smallest absolute Gasteiger partial charge is 0.133 e. The van der Waals surface area contributed by atoms with Crippen LogP contribution in [-0.2, 0) is 7.05 Å². The van der Waals surface area contributed by atoms with Gasteiger partial charge in [-0.3, -0.25) is 5.32 Å². The predicted octanol–water partition coefficient (Wildman–Crippen LogP) is 1.79. The van der Waals surface area contributed by atoms with Crippen molar-refractivity contribution in [1.29, 1.82) is 0 Å². The van der Waals surface area contributed by atoms with Crippen LogP contribution in [-0.4, -0.2) is 40.6 Å². The number of aryl methyl sites for hydroxylation is 1. The Morgan fingerprint density at radius 2 is 2.15 bits per heavy atom. The van der Waals surface area contributed by atoms with Crippen molar-refractivity contribution < 1.29 is 4.42 Å². The molecule has 2 aromatic rings. The Hall–Kier alpha value is -1.59. The van der Waals surface area contributed by atoms with Gasteiger partial charge in [0.1, 0.15) is 17.6 Å². The molecule has 0 amide bonds. The summed E-state index contributed by atoms with van der Waals surface area (Å²) in [7, 11) is 4.20. The monoisotopic (exact) mass is 274 g/mol. The molecule has 0 bridgehead atoms. The number of hydrogen-bond donors (Lipinski definition) is 1. The number of imidazole rings is 1. The molecule has 0 radical (unpaired) electrons. The highest BCUT2D eigenvalue weighted by molar-refractivity contribution is 5.16. The Morgan fingerprint density at radius 3 is 2.75 bits per heavy atom. The molecule has 108 valence electrons. The van der Waals surface area contributed by atoms with Gasteiger partial charge in [0, 0.05) is 25.5 Å². The van der Waals surface area contributed by atoms with Crippen molar-refractivity contribution in [1.82, 2.24) is 19.8 Å². The molecule has 1 atom stereocenters. The quantitative estimate of drug-likeness (QED) is 0.923. The van der Waals surface area contributed by atoms with Crippen molar-refractivity contribution in [3.05, 3.63) is 42.4 Å². The molecule has 1 fully saturated rings. The summed E-state index contributed by atoms with van der Waals surface area (Å²) in [5.41, 5.74) is 0. The van der Waals surface area contributed by atoms with Crippen LogP contribution in [0.3, 0.4) is 0 Å². The molecule has 0 aliphatic carbocycles. The van der Waals surface area contributed by atoms with Gasteiger partial charge in [-0.25, -0.2) is 4.98 Å². The Balaban J connectivity index is 1.78. The standard InChI is InChI=1S/C15H22N4O/c1-18-8-5-12(6-9-18)17-14(13-4-3-11-20-13)15-16-7-10-19(15)2/h3-4,7,10-12,14,17H,5-6,8-9H2,1-2H3. The van der Waals surface area contributed by atoms with Crippen LogP contribution in [0.5, 0.6) is 0 Å². The van der Waals surface area contributed by atoms with Crippen molar-refractivity contribution in [3.63, 3.8) is 0 Å². The Bertz CT molecular complexity index is 526. The van der Waals surface area contributed by atoms with Crippen LogP contribution >= 0.6 is 0 Å². The van der Waals surface area contributed by atoms with Gasteiger partial charge in [0.15, 0.2) is 0 Å². The first-order valence-electron chi connectivity index (χ1n) is 7.19. The second-order valence-corrected chi connectivity index (χ2v) is 5.59. The second-order valence-electron chi connectivity index (χ2n) is 5.59. The third kappa shape index (κ3) is 2.78. The van der Waals surface area contributed by atoms with Gasteiger partial charge in [-0.1, -0.05) is 0 Å². The first-order chi connectivity index (χ1) is 9.74. The summed E-state index contributed by atoms with van der Waals surface area (Å²) in [6, 6.07) is 4.49. The molecule has 1 aliphatic rings. The number of nitrogens with one attached hydrogen (secondary N) is 1. The molecule has 0 saturated carbocycles. The van der Waals surface area contributed by atoms with Crippen molar-refractivity contribution in [3.8, 4) is 0 Å². The summed E-state index contributed by atoms with van der Waals surface area (Å²) < 4.78 is 7.66. The van der Waals surface area contributed by atoms with Crippen LogP contribution in [0.2, 0.25) is 0 Å². The van der Waals surface area contributed by atoms with Crippen LogP contribution in [0.1, 0.15) is 30.5 Å². The maximum atomic E-state index is 5.61. The van der Waals surface area contributed by atoms with Crippen LogP contribution in [0.4, 0.5) is 0 Å². The minimum atomic E-state index is 0.0263. The minimum Gasteiger partial charge on any atom is -0.467 e. The van der Waals surface area contributed by atoms with Crippen molar-refractivity contribution in [2.24, 2.45) is 7.05 Å². The molecule has 20 heavy (non-hydrogen) atoms. The van der Waals surface area contributed by atoms with Gasteiger partial charge in [-0.2, -0.15) is 0 Å². The largest absolute Gasteiger partial charge is 0.467 e. The first kappa shape index (κ1) is 13.4. The predicted molar refractivity (Wildman–Crippen MR) is 77.4 cm³/mol. The van der Waals surface area contributed by atoms with Gasteiger partial charge in [0.05, 0.1) is 6.26 Å².